The lowest BCUT2D eigenvalue weighted by atomic mass is 10.0. The van der Waals surface area contributed by atoms with E-state index in [0.29, 0.717) is 19.4 Å². The van der Waals surface area contributed by atoms with Gasteiger partial charge in [-0.1, -0.05) is 333 Å². The molecule has 0 aliphatic heterocycles. The monoisotopic (exact) mass is 1070 g/mol. The maximum absolute atomic E-state index is 12.5. The number of hydrogen-bond acceptors (Lipinski definition) is 5. The summed E-state index contributed by atoms with van der Waals surface area (Å²) in [4.78, 5) is 24.6. The number of carbonyl (C=O) groups excluding carboxylic acids is 2. The molecular formula is C70H133NO5. The van der Waals surface area contributed by atoms with Crippen LogP contribution in [-0.2, 0) is 14.3 Å². The van der Waals surface area contributed by atoms with Crippen molar-refractivity contribution in [1.82, 2.24) is 5.32 Å². The van der Waals surface area contributed by atoms with Gasteiger partial charge >= 0.3 is 5.97 Å². The molecule has 0 heterocycles. The first-order valence-electron chi connectivity index (χ1n) is 34.3. The molecule has 2 unspecified atom stereocenters. The Morgan fingerprint density at radius 2 is 0.645 bits per heavy atom. The van der Waals surface area contributed by atoms with Gasteiger partial charge in [0, 0.05) is 12.8 Å². The van der Waals surface area contributed by atoms with Crippen molar-refractivity contribution in [2.45, 2.75) is 386 Å². The zero-order valence-electron chi connectivity index (χ0n) is 51.3. The molecule has 0 aromatic carbocycles. The van der Waals surface area contributed by atoms with Crippen molar-refractivity contribution in [3.05, 3.63) is 36.5 Å². The summed E-state index contributed by atoms with van der Waals surface area (Å²) < 4.78 is 5.47. The summed E-state index contributed by atoms with van der Waals surface area (Å²) >= 11 is 0. The van der Waals surface area contributed by atoms with Crippen molar-refractivity contribution in [3.8, 4) is 0 Å². The third-order valence-corrected chi connectivity index (χ3v) is 15.9. The summed E-state index contributed by atoms with van der Waals surface area (Å²) in [5.41, 5.74) is 0. The third-order valence-electron chi connectivity index (χ3n) is 15.9. The molecule has 76 heavy (non-hydrogen) atoms. The average molecular weight is 1070 g/mol. The number of aliphatic hydroxyl groups is 2. The van der Waals surface area contributed by atoms with Crippen LogP contribution in [0.25, 0.3) is 0 Å². The van der Waals surface area contributed by atoms with E-state index in [2.05, 4.69) is 43.5 Å². The number of carbonyl (C=O) groups is 2. The smallest absolute Gasteiger partial charge is 0.305 e. The Balaban J connectivity index is 3.49. The Morgan fingerprint density at radius 1 is 0.368 bits per heavy atom. The maximum atomic E-state index is 12.5. The van der Waals surface area contributed by atoms with Gasteiger partial charge in [0.2, 0.25) is 5.91 Å². The zero-order valence-corrected chi connectivity index (χ0v) is 51.3. The highest BCUT2D eigenvalue weighted by molar-refractivity contribution is 5.76. The Hall–Kier alpha value is -1.92. The second kappa shape index (κ2) is 65.6. The number of ether oxygens (including phenoxy) is 1. The maximum Gasteiger partial charge on any atom is 0.305 e. The lowest BCUT2D eigenvalue weighted by molar-refractivity contribution is -0.143. The number of aliphatic hydroxyl groups excluding tert-OH is 2. The second-order valence-electron chi connectivity index (χ2n) is 23.5. The number of amides is 1. The molecule has 6 heteroatoms. The van der Waals surface area contributed by atoms with E-state index >= 15 is 0 Å². The predicted octanol–water partition coefficient (Wildman–Crippen LogP) is 21.9. The van der Waals surface area contributed by atoms with E-state index in [4.69, 9.17) is 4.74 Å². The lowest BCUT2D eigenvalue weighted by Gasteiger charge is -2.20. The summed E-state index contributed by atoms with van der Waals surface area (Å²) in [6, 6.07) is -0.637. The molecule has 0 saturated heterocycles. The molecule has 0 bridgehead atoms. The third kappa shape index (κ3) is 61.3. The first-order valence-corrected chi connectivity index (χ1v) is 34.3. The molecule has 448 valence electrons. The summed E-state index contributed by atoms with van der Waals surface area (Å²) in [5, 5.41) is 23.3. The topological polar surface area (TPSA) is 95.9 Å². The van der Waals surface area contributed by atoms with Gasteiger partial charge < -0.3 is 20.3 Å². The van der Waals surface area contributed by atoms with E-state index < -0.39 is 12.1 Å². The molecule has 1 amide bonds. The van der Waals surface area contributed by atoms with Crippen LogP contribution in [0.3, 0.4) is 0 Å². The molecular weight excluding hydrogens is 935 g/mol. The molecule has 3 N–H and O–H groups in total. The summed E-state index contributed by atoms with van der Waals surface area (Å²) in [7, 11) is 0. The van der Waals surface area contributed by atoms with E-state index in [9.17, 15) is 19.8 Å². The molecule has 0 aliphatic rings. The zero-order chi connectivity index (χ0) is 55.0. The Labute approximate surface area is 474 Å². The molecule has 0 radical (unpaired) electrons. The van der Waals surface area contributed by atoms with Gasteiger partial charge in [0.25, 0.3) is 0 Å². The number of esters is 1. The minimum Gasteiger partial charge on any atom is -0.466 e. The molecule has 0 fully saturated rings. The summed E-state index contributed by atoms with van der Waals surface area (Å²) in [5.74, 6) is -0.0847. The highest BCUT2D eigenvalue weighted by Crippen LogP contribution is 2.18. The predicted molar refractivity (Wildman–Crippen MR) is 333 cm³/mol. The van der Waals surface area contributed by atoms with Gasteiger partial charge in [0.1, 0.15) is 0 Å². The van der Waals surface area contributed by atoms with Crippen molar-refractivity contribution in [3.63, 3.8) is 0 Å². The van der Waals surface area contributed by atoms with Crippen LogP contribution in [0, 0.1) is 0 Å². The number of nitrogens with one attached hydrogen (secondary N) is 1. The van der Waals surface area contributed by atoms with Crippen LogP contribution in [0.5, 0.6) is 0 Å². The van der Waals surface area contributed by atoms with E-state index in [-0.39, 0.29) is 18.5 Å². The van der Waals surface area contributed by atoms with Crippen LogP contribution in [0.1, 0.15) is 373 Å². The minimum absolute atomic E-state index is 0.0106. The highest BCUT2D eigenvalue weighted by Gasteiger charge is 2.18. The molecule has 0 aliphatic carbocycles. The van der Waals surface area contributed by atoms with Crippen LogP contribution >= 0.6 is 0 Å². The Morgan fingerprint density at radius 3 is 0.974 bits per heavy atom. The van der Waals surface area contributed by atoms with Crippen molar-refractivity contribution in [2.75, 3.05) is 13.2 Å². The van der Waals surface area contributed by atoms with Crippen LogP contribution in [0.2, 0.25) is 0 Å². The van der Waals surface area contributed by atoms with Gasteiger partial charge in [-0.05, 0) is 64.2 Å². The fraction of sp³-hybridized carbons (Fsp3) is 0.886. The van der Waals surface area contributed by atoms with Crippen LogP contribution < -0.4 is 5.32 Å². The molecule has 0 aromatic heterocycles. The van der Waals surface area contributed by atoms with Gasteiger partial charge in [-0.2, -0.15) is 0 Å². The SMILES string of the molecule is CCCCCCCCCCCCCCCCCCCCCCCCC/C=C/C(O)C(CO)NC(=O)CCCCCCCCCCCC/C=C\C=C/CCCCCOC(=O)CCCCCCCCCCCCCCCCC. The van der Waals surface area contributed by atoms with E-state index in [0.717, 1.165) is 77.0 Å². The molecule has 0 saturated carbocycles. The largest absolute Gasteiger partial charge is 0.466 e. The van der Waals surface area contributed by atoms with Crippen molar-refractivity contribution >= 4 is 11.9 Å². The minimum atomic E-state index is -0.853. The molecule has 0 aromatic rings. The van der Waals surface area contributed by atoms with Crippen molar-refractivity contribution in [1.29, 1.82) is 0 Å². The summed E-state index contributed by atoms with van der Waals surface area (Å²) in [6.07, 6.45) is 83.5. The Bertz CT molecular complexity index is 1230. The Kier molecular flexibility index (Phi) is 63.9. The average Bonchev–Trinajstić information content (AvgIpc) is 3.42. The fourth-order valence-corrected chi connectivity index (χ4v) is 10.7. The fourth-order valence-electron chi connectivity index (χ4n) is 10.7. The van der Waals surface area contributed by atoms with Gasteiger partial charge in [0.15, 0.2) is 0 Å². The quantitative estimate of drug-likeness (QED) is 0.0244. The number of allylic oxidation sites excluding steroid dienone is 5. The van der Waals surface area contributed by atoms with E-state index in [1.165, 1.54) is 270 Å². The number of unbranched alkanes of at least 4 members (excludes halogenated alkanes) is 50. The molecule has 6 nitrogen and oxygen atoms in total. The van der Waals surface area contributed by atoms with Crippen LogP contribution in [0.4, 0.5) is 0 Å². The lowest BCUT2D eigenvalue weighted by Crippen LogP contribution is -2.45. The van der Waals surface area contributed by atoms with Gasteiger partial charge in [-0.3, -0.25) is 9.59 Å². The summed E-state index contributed by atoms with van der Waals surface area (Å²) in [6.45, 7) is 4.90. The van der Waals surface area contributed by atoms with Gasteiger partial charge in [-0.25, -0.2) is 0 Å². The number of rotatable bonds is 64. The molecule has 0 spiro atoms. The van der Waals surface area contributed by atoms with Crippen LogP contribution in [-0.4, -0.2) is 47.4 Å². The van der Waals surface area contributed by atoms with Gasteiger partial charge in [0.05, 0.1) is 25.4 Å². The first kappa shape index (κ1) is 74.1. The molecule has 0 rings (SSSR count). The first-order chi connectivity index (χ1) is 37.5. The van der Waals surface area contributed by atoms with E-state index in [1.54, 1.807) is 6.08 Å². The normalized spacial score (nSPS) is 12.7. The second-order valence-corrected chi connectivity index (χ2v) is 23.5. The van der Waals surface area contributed by atoms with Gasteiger partial charge in [-0.15, -0.1) is 0 Å². The standard InChI is InChI=1S/C70H133NO5/c1-3-5-7-9-11-13-15-17-19-20-21-22-23-24-25-26-28-31-35-38-42-46-50-54-58-62-68(73)67(66-72)71-69(74)63-59-55-51-47-43-39-36-32-29-27-30-33-37-41-45-49-53-57-61-65-76-70(75)64-60-56-52-48-44-40-34-18-16-14-12-10-8-6-4-2/h33,37,41,45,58,62,67-68,72-73H,3-32,34-36,38-40,42-44,46-57,59-61,63-66H2,1-2H3,(H,71,74)/b37-33-,45-41-,62-58+. The number of hydrogen-bond donors (Lipinski definition) is 3. The van der Waals surface area contributed by atoms with Crippen LogP contribution in [0.15, 0.2) is 36.5 Å². The van der Waals surface area contributed by atoms with E-state index in [1.807, 2.05) is 6.08 Å². The highest BCUT2D eigenvalue weighted by atomic mass is 16.5. The molecule has 2 atom stereocenters. The van der Waals surface area contributed by atoms with Crippen molar-refractivity contribution in [2.24, 2.45) is 0 Å². The van der Waals surface area contributed by atoms with Crippen molar-refractivity contribution < 1.29 is 24.5 Å².